The summed E-state index contributed by atoms with van der Waals surface area (Å²) in [7, 11) is 1.41. The number of aliphatic hydroxyl groups excluding tert-OH is 3. The molecule has 0 atom stereocenters. The molecule has 0 radical (unpaired) electrons. The molecule has 0 aliphatic carbocycles. The van der Waals surface area contributed by atoms with Crippen molar-refractivity contribution >= 4 is 22.8 Å². The van der Waals surface area contributed by atoms with Gasteiger partial charge in [0.15, 0.2) is 5.75 Å². The van der Waals surface area contributed by atoms with Crippen LogP contribution in [-0.4, -0.2) is 86.1 Å². The largest absolute Gasteiger partial charge is 0.505 e. The first-order chi connectivity index (χ1) is 17.2. The van der Waals surface area contributed by atoms with E-state index in [9.17, 15) is 34.1 Å². The van der Waals surface area contributed by atoms with Gasteiger partial charge in [-0.05, 0) is 35.7 Å². The molecule has 2 heterocycles. The third-order valence-electron chi connectivity index (χ3n) is 5.61. The lowest BCUT2D eigenvalue weighted by molar-refractivity contribution is 0.0683. The molecule has 0 fully saturated rings. The Bertz CT molecular complexity index is 1340. The number of aryl methyl sites for hydroxylation is 1. The van der Waals surface area contributed by atoms with Gasteiger partial charge >= 0.3 is 0 Å². The molecular weight excluding hydrogens is 475 g/mol. The number of benzene rings is 1. The number of aromatic nitrogens is 2. The van der Waals surface area contributed by atoms with Crippen LogP contribution in [0.15, 0.2) is 35.3 Å². The van der Waals surface area contributed by atoms with Crippen molar-refractivity contribution in [3.63, 3.8) is 0 Å². The second kappa shape index (κ2) is 11.7. The summed E-state index contributed by atoms with van der Waals surface area (Å²) in [6, 6.07) is 5.28. The lowest BCUT2D eigenvalue weighted by Crippen LogP contribution is -2.36. The highest BCUT2D eigenvalue weighted by Crippen LogP contribution is 2.26. The maximum Gasteiger partial charge on any atom is 0.267 e. The van der Waals surface area contributed by atoms with E-state index in [2.05, 4.69) is 10.3 Å². The predicted octanol–water partition coefficient (Wildman–Crippen LogP) is -0.482. The van der Waals surface area contributed by atoms with Crippen molar-refractivity contribution in [2.45, 2.75) is 6.42 Å². The first-order valence-corrected chi connectivity index (χ1v) is 11.1. The Morgan fingerprint density at radius 2 is 1.81 bits per heavy atom. The van der Waals surface area contributed by atoms with E-state index in [0.29, 0.717) is 11.1 Å². The fourth-order valence-electron chi connectivity index (χ4n) is 3.84. The fraction of sp³-hybridized carbons (Fsp3) is 0.333. The van der Waals surface area contributed by atoms with Crippen LogP contribution in [0.4, 0.5) is 4.39 Å². The number of rotatable bonds is 10. The number of amides is 2. The molecule has 0 unspecified atom stereocenters. The van der Waals surface area contributed by atoms with Crippen LogP contribution in [0.2, 0.25) is 0 Å². The minimum Gasteiger partial charge on any atom is -0.505 e. The zero-order chi connectivity index (χ0) is 26.4. The number of halogens is 1. The number of hydrogen-bond acceptors (Lipinski definition) is 8. The van der Waals surface area contributed by atoms with Gasteiger partial charge in [-0.2, -0.15) is 0 Å². The van der Waals surface area contributed by atoms with E-state index >= 15 is 0 Å². The van der Waals surface area contributed by atoms with Gasteiger partial charge in [-0.3, -0.25) is 19.4 Å². The van der Waals surface area contributed by atoms with Gasteiger partial charge in [0.05, 0.1) is 25.3 Å². The van der Waals surface area contributed by atoms with Crippen molar-refractivity contribution in [3.05, 3.63) is 68.9 Å². The molecule has 12 heteroatoms. The molecule has 0 bridgehead atoms. The number of aromatic hydroxyl groups is 1. The van der Waals surface area contributed by atoms with Gasteiger partial charge in [0.25, 0.3) is 17.4 Å². The first kappa shape index (κ1) is 26.7. The predicted molar refractivity (Wildman–Crippen MR) is 127 cm³/mol. The summed E-state index contributed by atoms with van der Waals surface area (Å²) < 4.78 is 15.2. The summed E-state index contributed by atoms with van der Waals surface area (Å²) in [5.74, 6) is -2.65. The molecule has 0 aliphatic heterocycles. The Labute approximate surface area is 205 Å². The SMILES string of the molecule is Cn1c(=O)c(C(=O)NCCO)c(O)c2ncc(Cc3ccc(F)cc3C(=O)N(CCO)CCO)cc21. The lowest BCUT2D eigenvalue weighted by atomic mass is 9.99. The molecule has 0 saturated heterocycles. The summed E-state index contributed by atoms with van der Waals surface area (Å²) in [6.07, 6.45) is 1.52. The van der Waals surface area contributed by atoms with E-state index in [1.165, 1.54) is 30.3 Å². The quantitative estimate of drug-likeness (QED) is 0.248. The number of fused-ring (bicyclic) bond motifs is 1. The van der Waals surface area contributed by atoms with Gasteiger partial charge < -0.3 is 35.2 Å². The van der Waals surface area contributed by atoms with Crippen LogP contribution in [0.5, 0.6) is 5.75 Å². The standard InChI is InChI=1S/C24H27FN4O7/c1-28-18-11-14(13-27-20(18)21(33)19(24(28)36)22(34)26-4-7-30)10-15-2-3-16(25)12-17(15)23(35)29(5-8-31)6-9-32/h2-3,11-13,30-33H,4-10H2,1H3,(H,26,34). The van der Waals surface area contributed by atoms with Crippen molar-refractivity contribution in [2.24, 2.45) is 7.05 Å². The minimum atomic E-state index is -0.847. The smallest absolute Gasteiger partial charge is 0.267 e. The van der Waals surface area contributed by atoms with Crippen molar-refractivity contribution in [3.8, 4) is 5.75 Å². The molecule has 1 aromatic carbocycles. The Balaban J connectivity index is 2.03. The molecule has 5 N–H and O–H groups in total. The summed E-state index contributed by atoms with van der Waals surface area (Å²) >= 11 is 0. The number of hydrogen-bond donors (Lipinski definition) is 5. The van der Waals surface area contributed by atoms with Crippen LogP contribution in [0.3, 0.4) is 0 Å². The molecular formula is C24H27FN4O7. The maximum absolute atomic E-state index is 14.0. The molecule has 3 rings (SSSR count). The van der Waals surface area contributed by atoms with Crippen LogP contribution in [-0.2, 0) is 13.5 Å². The normalized spacial score (nSPS) is 11.0. The van der Waals surface area contributed by atoms with Gasteiger partial charge in [-0.15, -0.1) is 0 Å². The maximum atomic E-state index is 14.0. The highest BCUT2D eigenvalue weighted by molar-refractivity contribution is 6.01. The number of nitrogens with zero attached hydrogens (tertiary/aromatic N) is 3. The third kappa shape index (κ3) is 5.51. The minimum absolute atomic E-state index is 0.00229. The molecule has 2 aromatic heterocycles. The zero-order valence-electron chi connectivity index (χ0n) is 19.6. The van der Waals surface area contributed by atoms with Gasteiger partial charge in [-0.1, -0.05) is 6.07 Å². The Morgan fingerprint density at radius 3 is 2.44 bits per heavy atom. The molecule has 2 amide bonds. The van der Waals surface area contributed by atoms with Crippen LogP contribution < -0.4 is 10.9 Å². The average Bonchev–Trinajstić information content (AvgIpc) is 2.86. The highest BCUT2D eigenvalue weighted by atomic mass is 19.1. The van der Waals surface area contributed by atoms with Crippen LogP contribution in [0.1, 0.15) is 31.8 Å². The molecule has 0 spiro atoms. The summed E-state index contributed by atoms with van der Waals surface area (Å²) in [6.45, 7) is -1.18. The number of pyridine rings is 2. The number of carbonyl (C=O) groups is 2. The third-order valence-corrected chi connectivity index (χ3v) is 5.61. The Morgan fingerprint density at radius 1 is 1.11 bits per heavy atom. The van der Waals surface area contributed by atoms with Gasteiger partial charge in [0, 0.05) is 38.4 Å². The first-order valence-electron chi connectivity index (χ1n) is 11.1. The molecule has 11 nitrogen and oxygen atoms in total. The van der Waals surface area contributed by atoms with Gasteiger partial charge in [0.2, 0.25) is 0 Å². The lowest BCUT2D eigenvalue weighted by Gasteiger charge is -2.22. The van der Waals surface area contributed by atoms with E-state index in [1.807, 2.05) is 0 Å². The molecule has 0 aliphatic rings. The van der Waals surface area contributed by atoms with Gasteiger partial charge in [-0.25, -0.2) is 4.39 Å². The van der Waals surface area contributed by atoms with E-state index in [1.54, 1.807) is 6.07 Å². The molecule has 3 aromatic rings. The number of nitrogens with one attached hydrogen (secondary N) is 1. The topological polar surface area (TPSA) is 165 Å². The monoisotopic (exact) mass is 502 g/mol. The van der Waals surface area contributed by atoms with Crippen molar-refractivity contribution < 1.29 is 34.4 Å². The Hall–Kier alpha value is -3.87. The summed E-state index contributed by atoms with van der Waals surface area (Å²) in [5.41, 5.74) is -0.0183. The van der Waals surface area contributed by atoms with Crippen molar-refractivity contribution in [2.75, 3.05) is 39.5 Å². The van der Waals surface area contributed by atoms with E-state index in [0.717, 1.165) is 10.6 Å². The second-order valence-corrected chi connectivity index (χ2v) is 8.00. The molecule has 36 heavy (non-hydrogen) atoms. The highest BCUT2D eigenvalue weighted by Gasteiger charge is 2.23. The van der Waals surface area contributed by atoms with Crippen molar-refractivity contribution in [1.82, 2.24) is 19.8 Å². The summed E-state index contributed by atoms with van der Waals surface area (Å²) in [4.78, 5) is 43.5. The van der Waals surface area contributed by atoms with Crippen LogP contribution >= 0.6 is 0 Å². The fourth-order valence-corrected chi connectivity index (χ4v) is 3.84. The molecule has 192 valence electrons. The van der Waals surface area contributed by atoms with Crippen LogP contribution in [0.25, 0.3) is 11.0 Å². The van der Waals surface area contributed by atoms with E-state index in [4.69, 9.17) is 5.11 Å². The number of aliphatic hydroxyl groups is 3. The van der Waals surface area contributed by atoms with Crippen LogP contribution in [0, 0.1) is 5.82 Å². The summed E-state index contributed by atoms with van der Waals surface area (Å²) in [5, 5.41) is 40.3. The average molecular weight is 502 g/mol. The van der Waals surface area contributed by atoms with Gasteiger partial charge in [0.1, 0.15) is 16.9 Å². The Kier molecular flexibility index (Phi) is 8.69. The van der Waals surface area contributed by atoms with Crippen molar-refractivity contribution in [1.29, 1.82) is 0 Å². The number of carbonyl (C=O) groups excluding carboxylic acids is 2. The van der Waals surface area contributed by atoms with E-state index in [-0.39, 0.29) is 62.5 Å². The second-order valence-electron chi connectivity index (χ2n) is 8.00. The van der Waals surface area contributed by atoms with E-state index < -0.39 is 34.5 Å². The molecule has 0 saturated carbocycles. The zero-order valence-corrected chi connectivity index (χ0v) is 19.6.